The Balaban J connectivity index is 2.43. The number of nitro groups is 1. The van der Waals surface area contributed by atoms with Crippen molar-refractivity contribution >= 4 is 17.3 Å². The number of hydrogen-bond donors (Lipinski definition) is 1. The van der Waals surface area contributed by atoms with Gasteiger partial charge in [-0.25, -0.2) is 0 Å². The van der Waals surface area contributed by atoms with E-state index in [1.807, 2.05) is 6.07 Å². The minimum absolute atomic E-state index is 0.0119. The maximum atomic E-state index is 10.8. The van der Waals surface area contributed by atoms with E-state index >= 15 is 0 Å². The van der Waals surface area contributed by atoms with Crippen LogP contribution >= 0.6 is 0 Å². The van der Waals surface area contributed by atoms with Crippen LogP contribution in [0, 0.1) is 21.4 Å². The lowest BCUT2D eigenvalue weighted by Crippen LogP contribution is -1.92. The van der Waals surface area contributed by atoms with Crippen molar-refractivity contribution in [2.24, 2.45) is 0 Å². The number of rotatable bonds is 5. The van der Waals surface area contributed by atoms with E-state index in [0.29, 0.717) is 23.5 Å². The van der Waals surface area contributed by atoms with Crippen LogP contribution in [0.1, 0.15) is 18.1 Å². The first kappa shape index (κ1) is 16.0. The second-order valence-corrected chi connectivity index (χ2v) is 4.64. The molecule has 0 saturated carbocycles. The monoisotopic (exact) mass is 310 g/mol. The van der Waals surface area contributed by atoms with Crippen LogP contribution in [-0.2, 0) is 0 Å². The number of nitrogens with zero attached hydrogens (tertiary/aromatic N) is 2. The molecule has 2 aromatic rings. The maximum absolute atomic E-state index is 10.8. The highest BCUT2D eigenvalue weighted by Crippen LogP contribution is 2.29. The molecule has 0 saturated heterocycles. The van der Waals surface area contributed by atoms with E-state index in [0.717, 1.165) is 0 Å². The van der Waals surface area contributed by atoms with Crippen molar-refractivity contribution in [2.75, 3.05) is 6.61 Å². The van der Waals surface area contributed by atoms with Crippen LogP contribution in [0.2, 0.25) is 0 Å². The summed E-state index contributed by atoms with van der Waals surface area (Å²) in [5, 5.41) is 29.9. The smallest absolute Gasteiger partial charge is 0.270 e. The molecule has 0 bridgehead atoms. The maximum Gasteiger partial charge on any atom is 0.270 e. The first-order valence-electron chi connectivity index (χ1n) is 6.87. The SMILES string of the molecule is CCOc1cc(/C=C(/C#N)c2cccc([N+](=O)[O-])c2)ccc1O. The second-order valence-electron chi connectivity index (χ2n) is 4.64. The van der Waals surface area contributed by atoms with Crippen molar-refractivity contribution in [3.63, 3.8) is 0 Å². The Bertz CT molecular complexity index is 806. The molecular formula is C17H14N2O4. The first-order chi connectivity index (χ1) is 11.0. The van der Waals surface area contributed by atoms with Crippen molar-refractivity contribution in [2.45, 2.75) is 6.92 Å². The second kappa shape index (κ2) is 7.09. The molecule has 0 atom stereocenters. The molecule has 0 fully saturated rings. The molecule has 0 aromatic heterocycles. The van der Waals surface area contributed by atoms with Gasteiger partial charge in [0.15, 0.2) is 11.5 Å². The molecule has 0 radical (unpaired) electrons. The third-order valence-corrected chi connectivity index (χ3v) is 3.08. The van der Waals surface area contributed by atoms with Crippen molar-refractivity contribution in [1.29, 1.82) is 5.26 Å². The van der Waals surface area contributed by atoms with Crippen LogP contribution in [0.3, 0.4) is 0 Å². The van der Waals surface area contributed by atoms with Gasteiger partial charge >= 0.3 is 0 Å². The van der Waals surface area contributed by atoms with Gasteiger partial charge in [0.05, 0.1) is 23.2 Å². The molecule has 0 aliphatic rings. The van der Waals surface area contributed by atoms with Gasteiger partial charge in [0, 0.05) is 12.1 Å². The molecule has 2 aromatic carbocycles. The summed E-state index contributed by atoms with van der Waals surface area (Å²) in [6, 6.07) is 12.6. The Morgan fingerprint density at radius 3 is 2.83 bits per heavy atom. The van der Waals surface area contributed by atoms with Gasteiger partial charge in [0.25, 0.3) is 5.69 Å². The summed E-state index contributed by atoms with van der Waals surface area (Å²) < 4.78 is 5.30. The van der Waals surface area contributed by atoms with Crippen LogP contribution in [0.4, 0.5) is 5.69 Å². The quantitative estimate of drug-likeness (QED) is 0.392. The Hall–Kier alpha value is -3.33. The molecule has 0 spiro atoms. The summed E-state index contributed by atoms with van der Waals surface area (Å²) in [6.07, 6.45) is 1.58. The zero-order valence-corrected chi connectivity index (χ0v) is 12.4. The lowest BCUT2D eigenvalue weighted by Gasteiger charge is -2.07. The first-order valence-corrected chi connectivity index (χ1v) is 6.87. The Morgan fingerprint density at radius 2 is 2.17 bits per heavy atom. The molecule has 0 aliphatic carbocycles. The Labute approximate surface area is 133 Å². The van der Waals surface area contributed by atoms with Gasteiger partial charge in [-0.3, -0.25) is 10.1 Å². The molecule has 0 aliphatic heterocycles. The lowest BCUT2D eigenvalue weighted by atomic mass is 10.0. The van der Waals surface area contributed by atoms with Gasteiger partial charge in [0.1, 0.15) is 0 Å². The lowest BCUT2D eigenvalue weighted by molar-refractivity contribution is -0.384. The Morgan fingerprint density at radius 1 is 1.39 bits per heavy atom. The highest BCUT2D eigenvalue weighted by molar-refractivity contribution is 5.90. The van der Waals surface area contributed by atoms with Crippen molar-refractivity contribution in [3.05, 3.63) is 63.7 Å². The fourth-order valence-corrected chi connectivity index (χ4v) is 2.03. The van der Waals surface area contributed by atoms with E-state index in [-0.39, 0.29) is 17.0 Å². The van der Waals surface area contributed by atoms with E-state index in [9.17, 15) is 20.5 Å². The average molecular weight is 310 g/mol. The minimum Gasteiger partial charge on any atom is -0.504 e. The van der Waals surface area contributed by atoms with Gasteiger partial charge in [-0.1, -0.05) is 18.2 Å². The zero-order chi connectivity index (χ0) is 16.8. The number of phenols is 1. The predicted molar refractivity (Wildman–Crippen MR) is 85.9 cm³/mol. The van der Waals surface area contributed by atoms with Crippen LogP contribution in [0.5, 0.6) is 11.5 Å². The summed E-state index contributed by atoms with van der Waals surface area (Å²) in [6.45, 7) is 2.20. The molecule has 0 unspecified atom stereocenters. The summed E-state index contributed by atoms with van der Waals surface area (Å²) >= 11 is 0. The number of aromatic hydroxyl groups is 1. The van der Waals surface area contributed by atoms with E-state index in [2.05, 4.69) is 0 Å². The third-order valence-electron chi connectivity index (χ3n) is 3.08. The number of non-ortho nitro benzene ring substituents is 1. The molecule has 6 heteroatoms. The topological polar surface area (TPSA) is 96.4 Å². The number of benzene rings is 2. The molecule has 0 heterocycles. The third kappa shape index (κ3) is 3.86. The van der Waals surface area contributed by atoms with E-state index in [1.54, 1.807) is 31.2 Å². The molecule has 2 rings (SSSR count). The van der Waals surface area contributed by atoms with Crippen molar-refractivity contribution in [1.82, 2.24) is 0 Å². The van der Waals surface area contributed by atoms with Crippen LogP contribution < -0.4 is 4.74 Å². The molecule has 23 heavy (non-hydrogen) atoms. The average Bonchev–Trinajstić information content (AvgIpc) is 2.55. The molecule has 0 amide bonds. The summed E-state index contributed by atoms with van der Waals surface area (Å²) in [5.41, 5.74) is 1.30. The van der Waals surface area contributed by atoms with E-state index in [1.165, 1.54) is 24.3 Å². The fourth-order valence-electron chi connectivity index (χ4n) is 2.03. The van der Waals surface area contributed by atoms with Crippen molar-refractivity contribution < 1.29 is 14.8 Å². The highest BCUT2D eigenvalue weighted by atomic mass is 16.6. The summed E-state index contributed by atoms with van der Waals surface area (Å²) in [7, 11) is 0. The normalized spacial score (nSPS) is 10.9. The van der Waals surface area contributed by atoms with Crippen molar-refractivity contribution in [3.8, 4) is 17.6 Å². The zero-order valence-electron chi connectivity index (χ0n) is 12.4. The Kier molecular flexibility index (Phi) is 4.95. The summed E-state index contributed by atoms with van der Waals surface area (Å²) in [4.78, 5) is 10.3. The number of nitro benzene ring substituents is 1. The number of nitriles is 1. The number of phenolic OH excluding ortho intramolecular Hbond substituents is 1. The minimum atomic E-state index is -0.508. The molecule has 6 nitrogen and oxygen atoms in total. The van der Waals surface area contributed by atoms with Crippen LogP contribution in [-0.4, -0.2) is 16.6 Å². The standard InChI is InChI=1S/C17H14N2O4/c1-2-23-17-9-12(6-7-16(17)20)8-14(11-18)13-4-3-5-15(10-13)19(21)22/h3-10,20H,2H2,1H3/b14-8-. The predicted octanol–water partition coefficient (Wildman–Crippen LogP) is 3.76. The molecule has 1 N–H and O–H groups in total. The molecular weight excluding hydrogens is 296 g/mol. The van der Waals surface area contributed by atoms with Crippen LogP contribution in [0.15, 0.2) is 42.5 Å². The highest BCUT2D eigenvalue weighted by Gasteiger charge is 2.09. The van der Waals surface area contributed by atoms with Gasteiger partial charge in [0.2, 0.25) is 0 Å². The number of hydrogen-bond acceptors (Lipinski definition) is 5. The fraction of sp³-hybridized carbons (Fsp3) is 0.118. The largest absolute Gasteiger partial charge is 0.504 e. The molecule has 116 valence electrons. The van der Waals surface area contributed by atoms with Gasteiger partial charge in [-0.05, 0) is 36.3 Å². The van der Waals surface area contributed by atoms with E-state index in [4.69, 9.17) is 4.74 Å². The van der Waals surface area contributed by atoms with Gasteiger partial charge < -0.3 is 9.84 Å². The number of allylic oxidation sites excluding steroid dienone is 1. The van der Waals surface area contributed by atoms with Crippen LogP contribution in [0.25, 0.3) is 11.6 Å². The van der Waals surface area contributed by atoms with E-state index < -0.39 is 4.92 Å². The summed E-state index contributed by atoms with van der Waals surface area (Å²) in [5.74, 6) is 0.329. The number of ether oxygens (including phenoxy) is 1. The van der Waals surface area contributed by atoms with Gasteiger partial charge in [-0.2, -0.15) is 5.26 Å². The van der Waals surface area contributed by atoms with Gasteiger partial charge in [-0.15, -0.1) is 0 Å².